The SMILES string of the molecule is NC(=NCC(=O)O)NCCCC(N)C(=O)O. The van der Waals surface area contributed by atoms with Gasteiger partial charge in [-0.1, -0.05) is 0 Å². The summed E-state index contributed by atoms with van der Waals surface area (Å²) in [6.45, 7) is 0.00338. The summed E-state index contributed by atoms with van der Waals surface area (Å²) in [6.07, 6.45) is 0.825. The van der Waals surface area contributed by atoms with Crippen molar-refractivity contribution in [2.75, 3.05) is 13.1 Å². The molecule has 92 valence electrons. The van der Waals surface area contributed by atoms with Gasteiger partial charge in [-0.15, -0.1) is 0 Å². The zero-order chi connectivity index (χ0) is 12.6. The summed E-state index contributed by atoms with van der Waals surface area (Å²) < 4.78 is 0. The van der Waals surface area contributed by atoms with E-state index in [9.17, 15) is 9.59 Å². The van der Waals surface area contributed by atoms with Gasteiger partial charge in [0.15, 0.2) is 5.96 Å². The summed E-state index contributed by atoms with van der Waals surface area (Å²) in [7, 11) is 0. The van der Waals surface area contributed by atoms with E-state index in [4.69, 9.17) is 21.7 Å². The maximum atomic E-state index is 10.3. The van der Waals surface area contributed by atoms with Gasteiger partial charge in [-0.2, -0.15) is 0 Å². The molecule has 0 aliphatic carbocycles. The second-order valence-corrected chi connectivity index (χ2v) is 3.11. The molecular weight excluding hydrogens is 216 g/mol. The van der Waals surface area contributed by atoms with Crippen LogP contribution in [0.15, 0.2) is 4.99 Å². The minimum Gasteiger partial charge on any atom is -0.480 e. The second kappa shape index (κ2) is 7.46. The quantitative estimate of drug-likeness (QED) is 0.196. The van der Waals surface area contributed by atoms with E-state index in [1.807, 2.05) is 0 Å². The number of aliphatic carboxylic acids is 2. The summed E-state index contributed by atoms with van der Waals surface area (Å²) in [5.74, 6) is -2.10. The van der Waals surface area contributed by atoms with Crippen LogP contribution in [0.3, 0.4) is 0 Å². The van der Waals surface area contributed by atoms with Crippen molar-refractivity contribution in [2.45, 2.75) is 18.9 Å². The van der Waals surface area contributed by atoms with E-state index >= 15 is 0 Å². The summed E-state index contributed by atoms with van der Waals surface area (Å²) in [6, 6.07) is -0.890. The van der Waals surface area contributed by atoms with Crippen molar-refractivity contribution in [1.29, 1.82) is 0 Å². The first kappa shape index (κ1) is 14.2. The number of nitrogens with two attached hydrogens (primary N) is 2. The third kappa shape index (κ3) is 7.56. The maximum Gasteiger partial charge on any atom is 0.325 e. The van der Waals surface area contributed by atoms with Crippen LogP contribution in [0, 0.1) is 0 Å². The summed E-state index contributed by atoms with van der Waals surface area (Å²) in [5.41, 5.74) is 10.6. The number of nitrogens with one attached hydrogen (secondary N) is 1. The van der Waals surface area contributed by atoms with Crippen LogP contribution in [0.1, 0.15) is 12.8 Å². The monoisotopic (exact) mass is 232 g/mol. The number of rotatable bonds is 7. The van der Waals surface area contributed by atoms with Crippen molar-refractivity contribution in [3.05, 3.63) is 0 Å². The minimum absolute atomic E-state index is 0.0197. The first-order chi connectivity index (χ1) is 7.43. The smallest absolute Gasteiger partial charge is 0.325 e. The molecule has 0 aromatic carbocycles. The van der Waals surface area contributed by atoms with E-state index in [-0.39, 0.29) is 5.96 Å². The Labute approximate surface area is 92.3 Å². The van der Waals surface area contributed by atoms with Crippen LogP contribution in [0.5, 0.6) is 0 Å². The minimum atomic E-state index is -1.07. The van der Waals surface area contributed by atoms with Crippen molar-refractivity contribution in [3.63, 3.8) is 0 Å². The van der Waals surface area contributed by atoms with E-state index in [0.717, 1.165) is 0 Å². The van der Waals surface area contributed by atoms with Gasteiger partial charge in [0.2, 0.25) is 0 Å². The first-order valence-corrected chi connectivity index (χ1v) is 4.67. The van der Waals surface area contributed by atoms with Crippen molar-refractivity contribution >= 4 is 17.9 Å². The van der Waals surface area contributed by atoms with Crippen LogP contribution in [-0.4, -0.2) is 47.2 Å². The molecule has 8 heteroatoms. The lowest BCUT2D eigenvalue weighted by Crippen LogP contribution is -2.35. The highest BCUT2D eigenvalue weighted by molar-refractivity contribution is 5.80. The normalized spacial score (nSPS) is 13.2. The van der Waals surface area contributed by atoms with Gasteiger partial charge in [0.25, 0.3) is 0 Å². The topological polar surface area (TPSA) is 151 Å². The molecule has 0 amide bonds. The molecule has 1 atom stereocenters. The van der Waals surface area contributed by atoms with E-state index in [2.05, 4.69) is 10.3 Å². The van der Waals surface area contributed by atoms with Crippen molar-refractivity contribution in [3.8, 4) is 0 Å². The van der Waals surface area contributed by atoms with Gasteiger partial charge in [-0.05, 0) is 12.8 Å². The molecule has 0 saturated carbocycles. The third-order valence-electron chi connectivity index (χ3n) is 1.70. The zero-order valence-corrected chi connectivity index (χ0v) is 8.72. The lowest BCUT2D eigenvalue weighted by Gasteiger charge is -2.07. The predicted molar refractivity (Wildman–Crippen MR) is 57.0 cm³/mol. The Bertz CT molecular complexity index is 279. The summed E-state index contributed by atoms with van der Waals surface area (Å²) in [4.78, 5) is 24.0. The number of guanidine groups is 1. The predicted octanol–water partition coefficient (Wildman–Crippen LogP) is -1.83. The van der Waals surface area contributed by atoms with Crippen molar-refractivity contribution < 1.29 is 19.8 Å². The molecule has 16 heavy (non-hydrogen) atoms. The molecular formula is C8H16N4O4. The highest BCUT2D eigenvalue weighted by Crippen LogP contribution is 1.92. The number of carboxylic acids is 2. The third-order valence-corrected chi connectivity index (χ3v) is 1.70. The second-order valence-electron chi connectivity index (χ2n) is 3.11. The summed E-state index contributed by atoms with van der Waals surface area (Å²) >= 11 is 0. The number of nitrogens with zero attached hydrogens (tertiary/aromatic N) is 1. The van der Waals surface area contributed by atoms with Gasteiger partial charge >= 0.3 is 11.9 Å². The molecule has 0 aliphatic heterocycles. The van der Waals surface area contributed by atoms with Gasteiger partial charge in [0.1, 0.15) is 12.6 Å². The lowest BCUT2D eigenvalue weighted by atomic mass is 10.2. The number of carboxylic acid groups (broad SMARTS) is 2. The molecule has 0 fully saturated rings. The van der Waals surface area contributed by atoms with Crippen LogP contribution in [0.2, 0.25) is 0 Å². The van der Waals surface area contributed by atoms with Gasteiger partial charge in [-0.3, -0.25) is 9.59 Å². The fourth-order valence-electron chi connectivity index (χ4n) is 0.871. The fraction of sp³-hybridized carbons (Fsp3) is 0.625. The Morgan fingerprint density at radius 3 is 2.50 bits per heavy atom. The highest BCUT2D eigenvalue weighted by atomic mass is 16.4. The zero-order valence-electron chi connectivity index (χ0n) is 8.72. The summed E-state index contributed by atoms with van der Waals surface area (Å²) in [5, 5.41) is 19.4. The molecule has 0 heterocycles. The molecule has 7 N–H and O–H groups in total. The van der Waals surface area contributed by atoms with E-state index in [0.29, 0.717) is 19.4 Å². The molecule has 0 aromatic rings. The van der Waals surface area contributed by atoms with Crippen LogP contribution in [0.4, 0.5) is 0 Å². The average molecular weight is 232 g/mol. The van der Waals surface area contributed by atoms with Crippen LogP contribution < -0.4 is 16.8 Å². The molecule has 0 radical (unpaired) electrons. The van der Waals surface area contributed by atoms with Gasteiger partial charge in [0, 0.05) is 6.54 Å². The molecule has 0 saturated heterocycles. The van der Waals surface area contributed by atoms with Crippen LogP contribution in [0.25, 0.3) is 0 Å². The Balaban J connectivity index is 3.62. The molecule has 1 unspecified atom stereocenters. The number of carbonyl (C=O) groups is 2. The Kier molecular flexibility index (Phi) is 6.61. The number of hydrogen-bond acceptors (Lipinski definition) is 4. The van der Waals surface area contributed by atoms with Gasteiger partial charge < -0.3 is 27.0 Å². The van der Waals surface area contributed by atoms with Gasteiger partial charge in [-0.25, -0.2) is 4.99 Å². The molecule has 0 aromatic heterocycles. The Morgan fingerprint density at radius 1 is 1.38 bits per heavy atom. The molecule has 0 bridgehead atoms. The molecule has 0 rings (SSSR count). The largest absolute Gasteiger partial charge is 0.480 e. The lowest BCUT2D eigenvalue weighted by molar-refractivity contribution is -0.138. The van der Waals surface area contributed by atoms with Crippen molar-refractivity contribution in [2.24, 2.45) is 16.5 Å². The van der Waals surface area contributed by atoms with Crippen molar-refractivity contribution in [1.82, 2.24) is 5.32 Å². The van der Waals surface area contributed by atoms with E-state index in [1.54, 1.807) is 0 Å². The maximum absolute atomic E-state index is 10.3. The molecule has 0 spiro atoms. The van der Waals surface area contributed by atoms with Crippen LogP contribution >= 0.6 is 0 Å². The fourth-order valence-corrected chi connectivity index (χ4v) is 0.871. The van der Waals surface area contributed by atoms with Gasteiger partial charge in [0.05, 0.1) is 0 Å². The first-order valence-electron chi connectivity index (χ1n) is 4.67. The number of aliphatic imine (C=N–C) groups is 1. The standard InChI is InChI=1S/C8H16N4O4/c9-5(7(15)16)2-1-3-11-8(10)12-4-6(13)14/h5H,1-4,9H2,(H,13,14)(H,15,16)(H3,10,11,12). The average Bonchev–Trinajstić information content (AvgIpc) is 2.20. The Morgan fingerprint density at radius 2 is 2.00 bits per heavy atom. The molecule has 8 nitrogen and oxygen atoms in total. The van der Waals surface area contributed by atoms with Crippen LogP contribution in [-0.2, 0) is 9.59 Å². The van der Waals surface area contributed by atoms with E-state index < -0.39 is 24.5 Å². The Hall–Kier alpha value is -1.83. The number of hydrogen-bond donors (Lipinski definition) is 5. The molecule has 0 aliphatic rings. The highest BCUT2D eigenvalue weighted by Gasteiger charge is 2.09. The van der Waals surface area contributed by atoms with E-state index in [1.165, 1.54) is 0 Å².